The highest BCUT2D eigenvalue weighted by Gasteiger charge is 2.41. The average molecular weight is 177 g/mol. The fraction of sp³-hybridized carbons (Fsp3) is 0.571. The highest BCUT2D eigenvalue weighted by Crippen LogP contribution is 2.34. The summed E-state index contributed by atoms with van der Waals surface area (Å²) >= 11 is 0. The molecule has 0 bridgehead atoms. The van der Waals surface area contributed by atoms with Crippen molar-refractivity contribution in [1.82, 2.24) is 0 Å². The number of nitriles is 1. The van der Waals surface area contributed by atoms with Crippen molar-refractivity contribution in [1.29, 1.82) is 5.26 Å². The molecule has 1 heterocycles. The van der Waals surface area contributed by atoms with Gasteiger partial charge in [0.15, 0.2) is 0 Å². The average Bonchev–Trinajstić information content (AvgIpc) is 2.29. The molecule has 12 heavy (non-hydrogen) atoms. The fourth-order valence-corrected chi connectivity index (χ4v) is 1.01. The van der Waals surface area contributed by atoms with E-state index in [9.17, 15) is 13.2 Å². The lowest BCUT2D eigenvalue weighted by Crippen LogP contribution is -2.14. The molecule has 0 saturated carbocycles. The van der Waals surface area contributed by atoms with Crippen LogP contribution >= 0.6 is 0 Å². The SMILES string of the molecule is CC1OCC(C(F)(F)F)=C1C#N. The molecule has 1 unspecified atom stereocenters. The van der Waals surface area contributed by atoms with Crippen molar-refractivity contribution in [3.8, 4) is 6.07 Å². The molecule has 0 radical (unpaired) electrons. The zero-order valence-corrected chi connectivity index (χ0v) is 6.27. The van der Waals surface area contributed by atoms with E-state index in [1.807, 2.05) is 0 Å². The third-order valence-electron chi connectivity index (χ3n) is 1.67. The summed E-state index contributed by atoms with van der Waals surface area (Å²) in [7, 11) is 0. The first-order chi connectivity index (χ1) is 5.46. The lowest BCUT2D eigenvalue weighted by Gasteiger charge is -2.05. The number of hydrogen-bond donors (Lipinski definition) is 0. The predicted molar refractivity (Wildman–Crippen MR) is 34.1 cm³/mol. The molecule has 5 heteroatoms. The molecule has 0 fully saturated rings. The van der Waals surface area contributed by atoms with Gasteiger partial charge in [-0.1, -0.05) is 0 Å². The van der Waals surface area contributed by atoms with Crippen LogP contribution in [0.2, 0.25) is 0 Å². The molecule has 2 nitrogen and oxygen atoms in total. The maximum atomic E-state index is 12.1. The van der Waals surface area contributed by atoms with Crippen molar-refractivity contribution in [2.45, 2.75) is 19.2 Å². The third-order valence-corrected chi connectivity index (χ3v) is 1.67. The van der Waals surface area contributed by atoms with Crippen LogP contribution in [0.1, 0.15) is 6.92 Å². The summed E-state index contributed by atoms with van der Waals surface area (Å²) in [6, 6.07) is 1.50. The van der Waals surface area contributed by atoms with Gasteiger partial charge in [-0.05, 0) is 6.92 Å². The number of halogens is 3. The lowest BCUT2D eigenvalue weighted by molar-refractivity contribution is -0.0967. The largest absolute Gasteiger partial charge is 0.415 e. The molecule has 1 aliphatic heterocycles. The van der Waals surface area contributed by atoms with Gasteiger partial charge in [-0.3, -0.25) is 0 Å². The van der Waals surface area contributed by atoms with Gasteiger partial charge >= 0.3 is 6.18 Å². The number of rotatable bonds is 0. The second-order valence-electron chi connectivity index (χ2n) is 2.46. The predicted octanol–water partition coefficient (Wildman–Crippen LogP) is 1.79. The Hall–Kier alpha value is -1.02. The molecule has 0 amide bonds. The van der Waals surface area contributed by atoms with Gasteiger partial charge in [0, 0.05) is 0 Å². The first-order valence-electron chi connectivity index (χ1n) is 3.28. The summed E-state index contributed by atoms with van der Waals surface area (Å²) in [4.78, 5) is 0. The summed E-state index contributed by atoms with van der Waals surface area (Å²) in [5, 5.41) is 8.38. The van der Waals surface area contributed by atoms with Crippen LogP contribution in [0.3, 0.4) is 0 Å². The van der Waals surface area contributed by atoms with Crippen molar-refractivity contribution in [3.63, 3.8) is 0 Å². The van der Waals surface area contributed by atoms with Gasteiger partial charge in [-0.25, -0.2) is 0 Å². The number of alkyl halides is 3. The van der Waals surface area contributed by atoms with Crippen molar-refractivity contribution >= 4 is 0 Å². The lowest BCUT2D eigenvalue weighted by atomic mass is 10.1. The van der Waals surface area contributed by atoms with Crippen LogP contribution in [-0.4, -0.2) is 18.9 Å². The Bertz CT molecular complexity index is 261. The van der Waals surface area contributed by atoms with E-state index >= 15 is 0 Å². The first kappa shape index (κ1) is 9.07. The maximum Gasteiger partial charge on any atom is 0.415 e. The van der Waals surface area contributed by atoms with Gasteiger partial charge in [-0.15, -0.1) is 0 Å². The Morgan fingerprint density at radius 3 is 2.50 bits per heavy atom. The summed E-state index contributed by atoms with van der Waals surface area (Å²) < 4.78 is 40.9. The number of nitrogens with zero attached hydrogens (tertiary/aromatic N) is 1. The minimum absolute atomic E-state index is 0.303. The molecule has 1 rings (SSSR count). The molecule has 0 spiro atoms. The maximum absolute atomic E-state index is 12.1. The second-order valence-corrected chi connectivity index (χ2v) is 2.46. The molecule has 0 aromatic heterocycles. The van der Waals surface area contributed by atoms with Crippen LogP contribution in [0.15, 0.2) is 11.1 Å². The molecule has 0 aromatic carbocycles. The minimum atomic E-state index is -4.43. The molecule has 0 aromatic rings. The van der Waals surface area contributed by atoms with Gasteiger partial charge in [0.1, 0.15) is 0 Å². The topological polar surface area (TPSA) is 33.0 Å². The molecular weight excluding hydrogens is 171 g/mol. The summed E-state index contributed by atoms with van der Waals surface area (Å²) in [5.74, 6) is 0. The standard InChI is InChI=1S/C7H6F3NO/c1-4-5(2-11)6(3-12-4)7(8,9)10/h4H,3H2,1H3. The molecular formula is C7H6F3NO. The van der Waals surface area contributed by atoms with E-state index in [0.29, 0.717) is 0 Å². The van der Waals surface area contributed by atoms with Crippen LogP contribution in [-0.2, 0) is 4.74 Å². The van der Waals surface area contributed by atoms with E-state index in [2.05, 4.69) is 4.74 Å². The summed E-state index contributed by atoms with van der Waals surface area (Å²) in [6.07, 6.45) is -5.16. The molecule has 66 valence electrons. The minimum Gasteiger partial charge on any atom is -0.368 e. The first-order valence-corrected chi connectivity index (χ1v) is 3.28. The quantitative estimate of drug-likeness (QED) is 0.565. The van der Waals surface area contributed by atoms with Gasteiger partial charge in [0.25, 0.3) is 0 Å². The number of hydrogen-bond acceptors (Lipinski definition) is 2. The van der Waals surface area contributed by atoms with Crippen molar-refractivity contribution in [2.75, 3.05) is 6.61 Å². The zero-order chi connectivity index (χ0) is 9.35. The summed E-state index contributed by atoms with van der Waals surface area (Å²) in [5.41, 5.74) is -1.15. The molecule has 1 atom stereocenters. The Labute approximate surface area is 67.2 Å². The Morgan fingerprint density at radius 2 is 2.17 bits per heavy atom. The van der Waals surface area contributed by atoms with Crippen molar-refractivity contribution in [2.24, 2.45) is 0 Å². The van der Waals surface area contributed by atoms with Gasteiger partial charge in [0.2, 0.25) is 0 Å². The van der Waals surface area contributed by atoms with E-state index in [1.54, 1.807) is 0 Å². The Morgan fingerprint density at radius 1 is 1.58 bits per heavy atom. The van der Waals surface area contributed by atoms with E-state index in [1.165, 1.54) is 13.0 Å². The Kier molecular flexibility index (Phi) is 2.11. The monoisotopic (exact) mass is 177 g/mol. The Balaban J connectivity index is 3.04. The molecule has 0 aliphatic carbocycles. The van der Waals surface area contributed by atoms with E-state index in [0.717, 1.165) is 0 Å². The van der Waals surface area contributed by atoms with Gasteiger partial charge < -0.3 is 4.74 Å². The van der Waals surface area contributed by atoms with Crippen LogP contribution in [0, 0.1) is 11.3 Å². The van der Waals surface area contributed by atoms with Crippen LogP contribution < -0.4 is 0 Å². The van der Waals surface area contributed by atoms with Crippen LogP contribution in [0.4, 0.5) is 13.2 Å². The fourth-order valence-electron chi connectivity index (χ4n) is 1.01. The van der Waals surface area contributed by atoms with Gasteiger partial charge in [-0.2, -0.15) is 18.4 Å². The van der Waals surface area contributed by atoms with Crippen LogP contribution in [0.25, 0.3) is 0 Å². The molecule has 1 aliphatic rings. The highest BCUT2D eigenvalue weighted by molar-refractivity contribution is 5.37. The molecule has 0 N–H and O–H groups in total. The molecule has 0 saturated heterocycles. The normalized spacial score (nSPS) is 24.4. The van der Waals surface area contributed by atoms with E-state index < -0.39 is 24.5 Å². The van der Waals surface area contributed by atoms with Gasteiger partial charge in [0.05, 0.1) is 29.9 Å². The van der Waals surface area contributed by atoms with Crippen molar-refractivity contribution < 1.29 is 17.9 Å². The third kappa shape index (κ3) is 1.43. The smallest absolute Gasteiger partial charge is 0.368 e. The van der Waals surface area contributed by atoms with Crippen LogP contribution in [0.5, 0.6) is 0 Å². The summed E-state index contributed by atoms with van der Waals surface area (Å²) in [6.45, 7) is 0.921. The van der Waals surface area contributed by atoms with E-state index in [-0.39, 0.29) is 5.57 Å². The van der Waals surface area contributed by atoms with E-state index in [4.69, 9.17) is 5.26 Å². The number of ether oxygens (including phenoxy) is 1. The second kappa shape index (κ2) is 2.79. The zero-order valence-electron chi connectivity index (χ0n) is 6.27. The van der Waals surface area contributed by atoms with Crippen molar-refractivity contribution in [3.05, 3.63) is 11.1 Å². The highest BCUT2D eigenvalue weighted by atomic mass is 19.4.